The van der Waals surface area contributed by atoms with E-state index < -0.39 is 10.8 Å². The molecule has 0 aliphatic carbocycles. The molecular formula is C17H29NOS. The van der Waals surface area contributed by atoms with E-state index in [-0.39, 0.29) is 5.25 Å². The fourth-order valence-electron chi connectivity index (χ4n) is 2.14. The normalized spacial score (nSPS) is 15.8. The summed E-state index contributed by atoms with van der Waals surface area (Å²) in [5, 5.41) is 3.78. The van der Waals surface area contributed by atoms with Crippen LogP contribution in [0.2, 0.25) is 0 Å². The fourth-order valence-corrected chi connectivity index (χ4v) is 2.59. The molecule has 114 valence electrons. The molecule has 0 aromatic heterocycles. The molecule has 0 bridgehead atoms. The number of hydrogen-bond donors (Lipinski definition) is 1. The minimum absolute atomic E-state index is 0.270. The number of rotatable bonds is 9. The van der Waals surface area contributed by atoms with Crippen LogP contribution in [0.5, 0.6) is 0 Å². The van der Waals surface area contributed by atoms with E-state index in [1.165, 1.54) is 30.4 Å². The summed E-state index contributed by atoms with van der Waals surface area (Å²) in [6, 6.07) is 9.29. The van der Waals surface area contributed by atoms with Crippen molar-refractivity contribution in [3.05, 3.63) is 35.4 Å². The van der Waals surface area contributed by atoms with Gasteiger partial charge in [0.2, 0.25) is 0 Å². The minimum atomic E-state index is -0.716. The maximum absolute atomic E-state index is 11.3. The number of hydrogen-bond acceptors (Lipinski definition) is 2. The molecule has 0 radical (unpaired) electrons. The van der Waals surface area contributed by atoms with Gasteiger partial charge in [-0.05, 0) is 43.9 Å². The van der Waals surface area contributed by atoms with Crippen LogP contribution < -0.4 is 5.32 Å². The first-order chi connectivity index (χ1) is 9.54. The van der Waals surface area contributed by atoms with Crippen LogP contribution in [0.15, 0.2) is 24.3 Å². The zero-order valence-corrected chi connectivity index (χ0v) is 14.1. The average Bonchev–Trinajstić information content (AvgIpc) is 2.45. The molecule has 0 amide bonds. The predicted octanol–water partition coefficient (Wildman–Crippen LogP) is 3.84. The van der Waals surface area contributed by atoms with Crippen LogP contribution in [-0.2, 0) is 17.2 Å². The van der Waals surface area contributed by atoms with Gasteiger partial charge in [0.25, 0.3) is 0 Å². The van der Waals surface area contributed by atoms with Crippen molar-refractivity contribution in [3.63, 3.8) is 0 Å². The highest BCUT2D eigenvalue weighted by Gasteiger charge is 2.08. The van der Waals surface area contributed by atoms with Crippen LogP contribution in [0.1, 0.15) is 57.2 Å². The van der Waals surface area contributed by atoms with Crippen molar-refractivity contribution in [3.8, 4) is 0 Å². The van der Waals surface area contributed by atoms with Crippen LogP contribution in [-0.4, -0.2) is 22.3 Å². The molecule has 0 saturated heterocycles. The highest BCUT2D eigenvalue weighted by Crippen LogP contribution is 2.15. The average molecular weight is 295 g/mol. The number of aryl methyl sites for hydroxylation is 1. The van der Waals surface area contributed by atoms with Crippen LogP contribution >= 0.6 is 0 Å². The molecule has 0 aliphatic rings. The molecule has 1 rings (SSSR count). The van der Waals surface area contributed by atoms with Crippen LogP contribution in [0.25, 0.3) is 0 Å². The summed E-state index contributed by atoms with van der Waals surface area (Å²) in [4.78, 5) is 0. The Balaban J connectivity index is 2.39. The predicted molar refractivity (Wildman–Crippen MR) is 89.6 cm³/mol. The molecular weight excluding hydrogens is 266 g/mol. The highest BCUT2D eigenvalue weighted by atomic mass is 32.2. The Labute approximate surface area is 126 Å². The van der Waals surface area contributed by atoms with Crippen molar-refractivity contribution < 1.29 is 4.21 Å². The van der Waals surface area contributed by atoms with Gasteiger partial charge in [0, 0.05) is 28.3 Å². The molecule has 1 aromatic rings. The molecule has 0 spiro atoms. The molecule has 0 heterocycles. The molecule has 0 saturated carbocycles. The summed E-state index contributed by atoms with van der Waals surface area (Å²) in [5.74, 6) is 0. The lowest BCUT2D eigenvalue weighted by Crippen LogP contribution is -2.24. The molecule has 3 atom stereocenters. The van der Waals surface area contributed by atoms with Crippen molar-refractivity contribution in [2.45, 2.75) is 57.7 Å². The largest absolute Gasteiger partial charge is 0.310 e. The van der Waals surface area contributed by atoms with Gasteiger partial charge in [-0.25, -0.2) is 0 Å². The Morgan fingerprint density at radius 3 is 2.40 bits per heavy atom. The first kappa shape index (κ1) is 17.4. The monoisotopic (exact) mass is 295 g/mol. The summed E-state index contributed by atoms with van der Waals surface area (Å²) in [6.45, 7) is 7.38. The second-order valence-electron chi connectivity index (χ2n) is 5.62. The Hall–Kier alpha value is -0.670. The molecule has 3 unspecified atom stereocenters. The quantitative estimate of drug-likeness (QED) is 0.750. The van der Waals surface area contributed by atoms with Gasteiger partial charge in [-0.3, -0.25) is 4.21 Å². The van der Waals surface area contributed by atoms with Gasteiger partial charge in [0.1, 0.15) is 0 Å². The Bertz CT molecular complexity index is 402. The molecule has 0 fully saturated rings. The van der Waals surface area contributed by atoms with E-state index in [0.717, 1.165) is 13.0 Å². The SMILES string of the molecule is CCCCc1ccc(C(C)NCCC(C)S(C)=O)cc1. The molecule has 1 aromatic carbocycles. The summed E-state index contributed by atoms with van der Waals surface area (Å²) in [7, 11) is -0.716. The second kappa shape index (κ2) is 9.30. The lowest BCUT2D eigenvalue weighted by molar-refractivity contribution is 0.553. The maximum atomic E-state index is 11.3. The van der Waals surface area contributed by atoms with Crippen molar-refractivity contribution in [2.75, 3.05) is 12.8 Å². The second-order valence-corrected chi connectivity index (χ2v) is 7.42. The Kier molecular flexibility index (Phi) is 8.08. The zero-order valence-electron chi connectivity index (χ0n) is 13.3. The lowest BCUT2D eigenvalue weighted by Gasteiger charge is -2.16. The van der Waals surface area contributed by atoms with E-state index in [1.54, 1.807) is 6.26 Å². The number of unbranched alkanes of at least 4 members (excludes halogenated alkanes) is 1. The third kappa shape index (κ3) is 6.19. The highest BCUT2D eigenvalue weighted by molar-refractivity contribution is 7.84. The lowest BCUT2D eigenvalue weighted by atomic mass is 10.0. The Morgan fingerprint density at radius 1 is 1.20 bits per heavy atom. The topological polar surface area (TPSA) is 29.1 Å². The van der Waals surface area contributed by atoms with E-state index in [2.05, 4.69) is 43.4 Å². The third-order valence-electron chi connectivity index (χ3n) is 3.87. The molecule has 1 N–H and O–H groups in total. The van der Waals surface area contributed by atoms with E-state index in [9.17, 15) is 4.21 Å². The number of nitrogens with one attached hydrogen (secondary N) is 1. The van der Waals surface area contributed by atoms with E-state index in [1.807, 2.05) is 6.92 Å². The summed E-state index contributed by atoms with van der Waals surface area (Å²) in [6.07, 6.45) is 6.43. The Morgan fingerprint density at radius 2 is 1.85 bits per heavy atom. The minimum Gasteiger partial charge on any atom is -0.310 e. The first-order valence-electron chi connectivity index (χ1n) is 7.69. The fraction of sp³-hybridized carbons (Fsp3) is 0.647. The van der Waals surface area contributed by atoms with Crippen molar-refractivity contribution in [1.29, 1.82) is 0 Å². The summed E-state index contributed by atoms with van der Waals surface area (Å²) >= 11 is 0. The molecule has 0 aliphatic heterocycles. The van der Waals surface area contributed by atoms with E-state index >= 15 is 0 Å². The first-order valence-corrected chi connectivity index (χ1v) is 9.31. The molecule has 3 heteroatoms. The van der Waals surface area contributed by atoms with Gasteiger partial charge >= 0.3 is 0 Å². The van der Waals surface area contributed by atoms with Crippen molar-refractivity contribution in [2.24, 2.45) is 0 Å². The van der Waals surface area contributed by atoms with Crippen molar-refractivity contribution in [1.82, 2.24) is 5.32 Å². The van der Waals surface area contributed by atoms with E-state index in [4.69, 9.17) is 0 Å². The summed E-state index contributed by atoms with van der Waals surface area (Å²) < 4.78 is 11.3. The van der Waals surface area contributed by atoms with Crippen LogP contribution in [0.4, 0.5) is 0 Å². The van der Waals surface area contributed by atoms with E-state index in [0.29, 0.717) is 6.04 Å². The van der Waals surface area contributed by atoms with Crippen molar-refractivity contribution >= 4 is 10.8 Å². The third-order valence-corrected chi connectivity index (χ3v) is 5.24. The standard InChI is InChI=1S/C17H29NOS/c1-5-6-7-16-8-10-17(11-9-16)15(3)18-13-12-14(2)20(4)19/h8-11,14-15,18H,5-7,12-13H2,1-4H3. The molecule has 20 heavy (non-hydrogen) atoms. The number of benzene rings is 1. The van der Waals surface area contributed by atoms with Gasteiger partial charge in [-0.2, -0.15) is 0 Å². The summed E-state index contributed by atoms with van der Waals surface area (Å²) in [5.41, 5.74) is 2.76. The van der Waals surface area contributed by atoms with Gasteiger partial charge < -0.3 is 5.32 Å². The van der Waals surface area contributed by atoms with Gasteiger partial charge in [-0.1, -0.05) is 44.5 Å². The zero-order chi connectivity index (χ0) is 15.0. The molecule has 2 nitrogen and oxygen atoms in total. The maximum Gasteiger partial charge on any atom is 0.0329 e. The van der Waals surface area contributed by atoms with Crippen LogP contribution in [0, 0.1) is 0 Å². The van der Waals surface area contributed by atoms with Gasteiger partial charge in [0.15, 0.2) is 0 Å². The smallest absolute Gasteiger partial charge is 0.0329 e. The van der Waals surface area contributed by atoms with Gasteiger partial charge in [0.05, 0.1) is 0 Å². The van der Waals surface area contributed by atoms with Gasteiger partial charge in [-0.15, -0.1) is 0 Å². The van der Waals surface area contributed by atoms with Crippen LogP contribution in [0.3, 0.4) is 0 Å².